The van der Waals surface area contributed by atoms with Gasteiger partial charge in [-0.3, -0.25) is 10.1 Å². The normalized spacial score (nSPS) is 17.4. The Morgan fingerprint density at radius 1 is 1.08 bits per heavy atom. The second kappa shape index (κ2) is 10.8. The molecule has 10 nitrogen and oxygen atoms in total. The van der Waals surface area contributed by atoms with E-state index in [0.29, 0.717) is 24.0 Å². The highest BCUT2D eigenvalue weighted by Gasteiger charge is 2.24. The van der Waals surface area contributed by atoms with Gasteiger partial charge in [0.1, 0.15) is 11.5 Å². The van der Waals surface area contributed by atoms with Crippen molar-refractivity contribution in [1.82, 2.24) is 15.3 Å². The standard InChI is InChI=1S/C26H33N7O3/c1-16-9-14-22(33(35)36)23(17(16)2)30-26(34)27-15-18-10-12-19(13-11-18)28-25-29-21-8-6-5-7-20(21)24(31-25)32(3)4/h5-9,14,18-19H,10-13,15H2,1-4H3,(H2,27,30,34)(H,28,29,31)/t18-,19+. The number of para-hydroxylation sites is 1. The lowest BCUT2D eigenvalue weighted by atomic mass is 9.86. The number of nitro groups is 1. The van der Waals surface area contributed by atoms with E-state index in [1.807, 2.05) is 50.2 Å². The molecule has 3 N–H and O–H groups in total. The van der Waals surface area contributed by atoms with Gasteiger partial charge in [0.2, 0.25) is 5.95 Å². The predicted octanol–water partition coefficient (Wildman–Crippen LogP) is 5.01. The lowest BCUT2D eigenvalue weighted by Gasteiger charge is -2.29. The first-order valence-corrected chi connectivity index (χ1v) is 12.2. The number of hydrogen-bond acceptors (Lipinski definition) is 7. The maximum Gasteiger partial charge on any atom is 0.319 e. The van der Waals surface area contributed by atoms with Gasteiger partial charge in [0.25, 0.3) is 5.69 Å². The van der Waals surface area contributed by atoms with Crippen LogP contribution in [0.5, 0.6) is 0 Å². The fraction of sp³-hybridized carbons (Fsp3) is 0.423. The molecule has 10 heteroatoms. The quantitative estimate of drug-likeness (QED) is 0.313. The number of amides is 2. The first-order chi connectivity index (χ1) is 17.2. The van der Waals surface area contributed by atoms with E-state index in [4.69, 9.17) is 9.97 Å². The summed E-state index contributed by atoms with van der Waals surface area (Å²) in [4.78, 5) is 34.8. The van der Waals surface area contributed by atoms with Gasteiger partial charge < -0.3 is 20.9 Å². The van der Waals surface area contributed by atoms with Crippen LogP contribution in [0.25, 0.3) is 10.9 Å². The maximum absolute atomic E-state index is 12.5. The van der Waals surface area contributed by atoms with E-state index in [1.165, 1.54) is 6.07 Å². The summed E-state index contributed by atoms with van der Waals surface area (Å²) in [7, 11) is 3.96. The van der Waals surface area contributed by atoms with Gasteiger partial charge in [0.15, 0.2) is 0 Å². The second-order valence-electron chi connectivity index (χ2n) is 9.64. The van der Waals surface area contributed by atoms with E-state index < -0.39 is 11.0 Å². The first-order valence-electron chi connectivity index (χ1n) is 12.2. The number of rotatable bonds is 7. The van der Waals surface area contributed by atoms with Crippen molar-refractivity contribution >= 4 is 40.1 Å². The van der Waals surface area contributed by atoms with Crippen molar-refractivity contribution in [3.05, 3.63) is 57.6 Å². The average Bonchev–Trinajstić information content (AvgIpc) is 2.85. The summed E-state index contributed by atoms with van der Waals surface area (Å²) in [5.41, 5.74) is 2.63. The zero-order valence-corrected chi connectivity index (χ0v) is 21.2. The average molecular weight is 492 g/mol. The predicted molar refractivity (Wildman–Crippen MR) is 143 cm³/mol. The Morgan fingerprint density at radius 2 is 1.81 bits per heavy atom. The Hall–Kier alpha value is -3.95. The van der Waals surface area contributed by atoms with Gasteiger partial charge in [0, 0.05) is 38.1 Å². The Morgan fingerprint density at radius 3 is 2.50 bits per heavy atom. The van der Waals surface area contributed by atoms with Crippen LogP contribution in [0.3, 0.4) is 0 Å². The van der Waals surface area contributed by atoms with Crippen molar-refractivity contribution in [2.45, 2.75) is 45.6 Å². The molecule has 3 aromatic rings. The molecule has 0 unspecified atom stereocenters. The number of benzene rings is 2. The first kappa shape index (κ1) is 25.2. The van der Waals surface area contributed by atoms with Gasteiger partial charge in [0.05, 0.1) is 10.4 Å². The highest BCUT2D eigenvalue weighted by atomic mass is 16.6. The molecule has 1 aliphatic rings. The number of carbonyl (C=O) groups is 1. The summed E-state index contributed by atoms with van der Waals surface area (Å²) in [6.07, 6.45) is 3.80. The molecule has 0 spiro atoms. The van der Waals surface area contributed by atoms with Crippen LogP contribution in [0.1, 0.15) is 36.8 Å². The summed E-state index contributed by atoms with van der Waals surface area (Å²) in [6.45, 7) is 4.15. The Kier molecular flexibility index (Phi) is 7.52. The molecule has 1 heterocycles. The fourth-order valence-corrected chi connectivity index (χ4v) is 4.67. The molecule has 2 amide bonds. The SMILES string of the molecule is Cc1ccc([N+](=O)[O-])c(NC(=O)NC[C@H]2CC[C@@H](Nc3nc(N(C)C)c4ccccc4n3)CC2)c1C. The molecule has 0 saturated heterocycles. The third-order valence-electron chi connectivity index (χ3n) is 6.89. The Bertz CT molecular complexity index is 1270. The molecule has 0 radical (unpaired) electrons. The molecule has 36 heavy (non-hydrogen) atoms. The van der Waals surface area contributed by atoms with Crippen LogP contribution >= 0.6 is 0 Å². The highest BCUT2D eigenvalue weighted by molar-refractivity contribution is 5.93. The summed E-state index contributed by atoms with van der Waals surface area (Å²) >= 11 is 0. The van der Waals surface area contributed by atoms with Crippen molar-refractivity contribution < 1.29 is 9.72 Å². The molecular formula is C26H33N7O3. The second-order valence-corrected chi connectivity index (χ2v) is 9.64. The van der Waals surface area contributed by atoms with Crippen LogP contribution in [-0.4, -0.2) is 47.6 Å². The smallest absolute Gasteiger partial charge is 0.319 e. The van der Waals surface area contributed by atoms with Crippen LogP contribution in [-0.2, 0) is 0 Å². The number of nitrogens with zero attached hydrogens (tertiary/aromatic N) is 4. The number of aromatic nitrogens is 2. The van der Waals surface area contributed by atoms with Gasteiger partial charge in [-0.25, -0.2) is 9.78 Å². The molecule has 1 aliphatic carbocycles. The van der Waals surface area contributed by atoms with E-state index >= 15 is 0 Å². The van der Waals surface area contributed by atoms with Crippen molar-refractivity contribution in [1.29, 1.82) is 0 Å². The third kappa shape index (κ3) is 5.64. The van der Waals surface area contributed by atoms with Gasteiger partial charge in [-0.05, 0) is 68.7 Å². The molecule has 0 bridgehead atoms. The van der Waals surface area contributed by atoms with Crippen molar-refractivity contribution in [3.8, 4) is 0 Å². The van der Waals surface area contributed by atoms with Gasteiger partial charge in [-0.2, -0.15) is 4.98 Å². The monoisotopic (exact) mass is 491 g/mol. The van der Waals surface area contributed by atoms with Crippen molar-refractivity contribution in [3.63, 3.8) is 0 Å². The largest absolute Gasteiger partial charge is 0.362 e. The van der Waals surface area contributed by atoms with Gasteiger partial charge in [-0.15, -0.1) is 0 Å². The van der Waals surface area contributed by atoms with Crippen LogP contribution < -0.4 is 20.9 Å². The number of nitro benzene ring substituents is 1. The molecule has 0 aliphatic heterocycles. The summed E-state index contributed by atoms with van der Waals surface area (Å²) in [5.74, 6) is 1.86. The van der Waals surface area contributed by atoms with E-state index in [0.717, 1.165) is 48.0 Å². The van der Waals surface area contributed by atoms with Crippen molar-refractivity contribution in [2.24, 2.45) is 5.92 Å². The number of nitrogens with one attached hydrogen (secondary N) is 3. The van der Waals surface area contributed by atoms with E-state index in [1.54, 1.807) is 13.0 Å². The number of urea groups is 1. The molecule has 1 fully saturated rings. The maximum atomic E-state index is 12.5. The Labute approximate surface area is 210 Å². The minimum atomic E-state index is -0.475. The topological polar surface area (TPSA) is 125 Å². The summed E-state index contributed by atoms with van der Waals surface area (Å²) < 4.78 is 0. The molecule has 1 saturated carbocycles. The zero-order valence-electron chi connectivity index (χ0n) is 21.2. The van der Waals surface area contributed by atoms with E-state index in [-0.39, 0.29) is 17.4 Å². The van der Waals surface area contributed by atoms with E-state index in [2.05, 4.69) is 16.0 Å². The van der Waals surface area contributed by atoms with Crippen LogP contribution in [0, 0.1) is 29.9 Å². The zero-order chi connectivity index (χ0) is 25.8. The minimum absolute atomic E-state index is 0.104. The molecule has 190 valence electrons. The molecule has 1 aromatic heterocycles. The number of carbonyl (C=O) groups excluding carboxylic acids is 1. The molecule has 2 aromatic carbocycles. The van der Waals surface area contributed by atoms with Crippen LogP contribution in [0.15, 0.2) is 36.4 Å². The van der Waals surface area contributed by atoms with Crippen molar-refractivity contribution in [2.75, 3.05) is 36.2 Å². The number of hydrogen-bond donors (Lipinski definition) is 3. The minimum Gasteiger partial charge on any atom is -0.362 e. The van der Waals surface area contributed by atoms with Gasteiger partial charge >= 0.3 is 6.03 Å². The summed E-state index contributed by atoms with van der Waals surface area (Å²) in [6, 6.07) is 10.9. The Balaban J connectivity index is 1.30. The number of fused-ring (bicyclic) bond motifs is 1. The van der Waals surface area contributed by atoms with Crippen LogP contribution in [0.4, 0.5) is 27.9 Å². The van der Waals surface area contributed by atoms with Gasteiger partial charge in [-0.1, -0.05) is 18.2 Å². The lowest BCUT2D eigenvalue weighted by Crippen LogP contribution is -2.36. The van der Waals surface area contributed by atoms with Crippen LogP contribution in [0.2, 0.25) is 0 Å². The lowest BCUT2D eigenvalue weighted by molar-refractivity contribution is -0.384. The fourth-order valence-electron chi connectivity index (χ4n) is 4.67. The number of aryl methyl sites for hydroxylation is 1. The molecule has 0 atom stereocenters. The summed E-state index contributed by atoms with van der Waals surface area (Å²) in [5, 5.41) is 21.5. The highest BCUT2D eigenvalue weighted by Crippen LogP contribution is 2.31. The molecule has 4 rings (SSSR count). The number of anilines is 3. The third-order valence-corrected chi connectivity index (χ3v) is 6.89. The molecular weight excluding hydrogens is 458 g/mol. The van der Waals surface area contributed by atoms with E-state index in [9.17, 15) is 14.9 Å².